The number of halogens is 4. The molecule has 0 spiro atoms. The molecule has 0 aliphatic carbocycles. The number of hydrogen-bond donors (Lipinski definition) is 1. The van der Waals surface area contributed by atoms with Crippen molar-refractivity contribution in [2.24, 2.45) is 0 Å². The van der Waals surface area contributed by atoms with Crippen LogP contribution in [-0.4, -0.2) is 10.2 Å². The Hall–Kier alpha value is -1.82. The van der Waals surface area contributed by atoms with Crippen molar-refractivity contribution >= 4 is 11.6 Å². The molecule has 0 fully saturated rings. The van der Waals surface area contributed by atoms with E-state index in [4.69, 9.17) is 11.6 Å². The quantitative estimate of drug-likeness (QED) is 0.868. The summed E-state index contributed by atoms with van der Waals surface area (Å²) in [5, 5.41) is 5.36. The Labute approximate surface area is 104 Å². The van der Waals surface area contributed by atoms with Gasteiger partial charge in [0.25, 0.3) is 5.56 Å². The van der Waals surface area contributed by atoms with Crippen LogP contribution in [-0.2, 0) is 6.18 Å². The van der Waals surface area contributed by atoms with E-state index in [2.05, 4.69) is 5.10 Å². The molecule has 1 N–H and O–H groups in total. The van der Waals surface area contributed by atoms with E-state index in [-0.39, 0.29) is 16.3 Å². The summed E-state index contributed by atoms with van der Waals surface area (Å²) in [5.74, 6) is 0. The molecule has 2 rings (SSSR count). The molecule has 3 nitrogen and oxygen atoms in total. The molecule has 1 aromatic heterocycles. The lowest BCUT2D eigenvalue weighted by atomic mass is 10.0. The highest BCUT2D eigenvalue weighted by molar-refractivity contribution is 6.29. The van der Waals surface area contributed by atoms with E-state index in [1.807, 2.05) is 5.10 Å². The topological polar surface area (TPSA) is 45.8 Å². The SMILES string of the molecule is O=c1[nH]nc(Cl)cc1-c1ccccc1C(F)(F)F. The molecule has 0 unspecified atom stereocenters. The average molecular weight is 275 g/mol. The van der Waals surface area contributed by atoms with Crippen LogP contribution < -0.4 is 5.56 Å². The molecule has 0 radical (unpaired) electrons. The Kier molecular flexibility index (Phi) is 3.13. The molecule has 0 atom stereocenters. The molecule has 94 valence electrons. The first-order chi connectivity index (χ1) is 8.39. The molecule has 0 saturated heterocycles. The van der Waals surface area contributed by atoms with Gasteiger partial charge in [-0.2, -0.15) is 18.3 Å². The number of aromatic nitrogens is 2. The van der Waals surface area contributed by atoms with Crippen LogP contribution >= 0.6 is 11.6 Å². The predicted molar refractivity (Wildman–Crippen MR) is 60.3 cm³/mol. The lowest BCUT2D eigenvalue weighted by Gasteiger charge is -2.11. The van der Waals surface area contributed by atoms with E-state index in [0.29, 0.717) is 0 Å². The molecule has 0 bridgehead atoms. The zero-order valence-corrected chi connectivity index (χ0v) is 9.51. The molecule has 18 heavy (non-hydrogen) atoms. The van der Waals surface area contributed by atoms with Crippen LogP contribution in [0.5, 0.6) is 0 Å². The summed E-state index contributed by atoms with van der Waals surface area (Å²) >= 11 is 5.57. The fourth-order valence-electron chi connectivity index (χ4n) is 1.55. The number of benzene rings is 1. The van der Waals surface area contributed by atoms with Crippen molar-refractivity contribution in [2.45, 2.75) is 6.18 Å². The highest BCUT2D eigenvalue weighted by Crippen LogP contribution is 2.35. The fraction of sp³-hybridized carbons (Fsp3) is 0.0909. The third-order valence-corrected chi connectivity index (χ3v) is 2.49. The van der Waals surface area contributed by atoms with Gasteiger partial charge in [-0.3, -0.25) is 4.79 Å². The Morgan fingerprint density at radius 3 is 2.50 bits per heavy atom. The zero-order valence-electron chi connectivity index (χ0n) is 8.75. The van der Waals surface area contributed by atoms with Crippen LogP contribution in [0.15, 0.2) is 35.1 Å². The zero-order chi connectivity index (χ0) is 13.3. The number of nitrogens with one attached hydrogen (secondary N) is 1. The third-order valence-electron chi connectivity index (χ3n) is 2.29. The van der Waals surface area contributed by atoms with Crippen LogP contribution in [0, 0.1) is 0 Å². The minimum Gasteiger partial charge on any atom is -0.267 e. The molecular formula is C11H6ClF3N2O. The molecule has 0 amide bonds. The number of nitrogens with zero attached hydrogens (tertiary/aromatic N) is 1. The second-order valence-electron chi connectivity index (χ2n) is 3.48. The van der Waals surface area contributed by atoms with Gasteiger partial charge in [-0.1, -0.05) is 29.8 Å². The van der Waals surface area contributed by atoms with Crippen molar-refractivity contribution in [3.8, 4) is 11.1 Å². The largest absolute Gasteiger partial charge is 0.417 e. The lowest BCUT2D eigenvalue weighted by Crippen LogP contribution is -2.14. The van der Waals surface area contributed by atoms with Gasteiger partial charge in [0.05, 0.1) is 11.1 Å². The Bertz CT molecular complexity index is 637. The monoisotopic (exact) mass is 274 g/mol. The maximum atomic E-state index is 12.8. The number of H-pyrrole nitrogens is 1. The Morgan fingerprint density at radius 1 is 1.17 bits per heavy atom. The standard InChI is InChI=1S/C11H6ClF3N2O/c12-9-5-7(10(18)17-16-9)6-3-1-2-4-8(6)11(13,14)15/h1-5H,(H,17,18). The molecule has 1 aromatic carbocycles. The van der Waals surface area contributed by atoms with Crippen LogP contribution in [0.2, 0.25) is 5.15 Å². The maximum absolute atomic E-state index is 12.8. The third kappa shape index (κ3) is 2.38. The van der Waals surface area contributed by atoms with Crippen molar-refractivity contribution in [3.05, 3.63) is 51.4 Å². The van der Waals surface area contributed by atoms with Gasteiger partial charge >= 0.3 is 6.18 Å². The lowest BCUT2D eigenvalue weighted by molar-refractivity contribution is -0.137. The first-order valence-electron chi connectivity index (χ1n) is 4.81. The Morgan fingerprint density at radius 2 is 1.83 bits per heavy atom. The highest BCUT2D eigenvalue weighted by Gasteiger charge is 2.33. The first kappa shape index (κ1) is 12.6. The summed E-state index contributed by atoms with van der Waals surface area (Å²) in [4.78, 5) is 11.5. The minimum atomic E-state index is -4.54. The maximum Gasteiger partial charge on any atom is 0.417 e. The second-order valence-corrected chi connectivity index (χ2v) is 3.86. The summed E-state index contributed by atoms with van der Waals surface area (Å²) in [7, 11) is 0. The summed E-state index contributed by atoms with van der Waals surface area (Å²) in [6.45, 7) is 0. The minimum absolute atomic E-state index is 0.0819. The smallest absolute Gasteiger partial charge is 0.267 e. The predicted octanol–water partition coefficient (Wildman–Crippen LogP) is 3.11. The van der Waals surface area contributed by atoms with Gasteiger partial charge in [0, 0.05) is 0 Å². The number of rotatable bonds is 1. The van der Waals surface area contributed by atoms with Gasteiger partial charge in [0.1, 0.15) is 5.15 Å². The van der Waals surface area contributed by atoms with Gasteiger partial charge in [0.15, 0.2) is 0 Å². The van der Waals surface area contributed by atoms with Crippen molar-refractivity contribution in [3.63, 3.8) is 0 Å². The summed E-state index contributed by atoms with van der Waals surface area (Å²) < 4.78 is 38.4. The van der Waals surface area contributed by atoms with E-state index in [1.54, 1.807) is 0 Å². The molecule has 0 saturated carbocycles. The van der Waals surface area contributed by atoms with Crippen LogP contribution in [0.1, 0.15) is 5.56 Å². The fourth-order valence-corrected chi connectivity index (χ4v) is 1.70. The summed E-state index contributed by atoms with van der Waals surface area (Å²) in [6.07, 6.45) is -4.54. The van der Waals surface area contributed by atoms with Gasteiger partial charge in [-0.25, -0.2) is 5.10 Å². The summed E-state index contributed by atoms with van der Waals surface area (Å²) in [6, 6.07) is 5.89. The molecule has 2 aromatic rings. The van der Waals surface area contributed by atoms with Crippen LogP contribution in [0.3, 0.4) is 0 Å². The number of hydrogen-bond acceptors (Lipinski definition) is 2. The van der Waals surface area contributed by atoms with Crippen LogP contribution in [0.25, 0.3) is 11.1 Å². The normalized spacial score (nSPS) is 11.6. The molecule has 7 heteroatoms. The Balaban J connectivity index is 2.72. The molecule has 1 heterocycles. The second kappa shape index (κ2) is 4.45. The van der Waals surface area contributed by atoms with Crippen molar-refractivity contribution in [1.29, 1.82) is 0 Å². The van der Waals surface area contributed by atoms with E-state index in [9.17, 15) is 18.0 Å². The number of alkyl halides is 3. The molecule has 0 aliphatic rings. The van der Waals surface area contributed by atoms with Crippen molar-refractivity contribution in [2.75, 3.05) is 0 Å². The van der Waals surface area contributed by atoms with Crippen LogP contribution in [0.4, 0.5) is 13.2 Å². The van der Waals surface area contributed by atoms with Gasteiger partial charge in [0.2, 0.25) is 0 Å². The summed E-state index contributed by atoms with van der Waals surface area (Å²) in [5.41, 5.74) is -2.01. The van der Waals surface area contributed by atoms with E-state index < -0.39 is 17.3 Å². The first-order valence-corrected chi connectivity index (χ1v) is 5.19. The van der Waals surface area contributed by atoms with Gasteiger partial charge in [-0.05, 0) is 17.7 Å². The van der Waals surface area contributed by atoms with E-state index in [0.717, 1.165) is 12.1 Å². The van der Waals surface area contributed by atoms with Crippen molar-refractivity contribution < 1.29 is 13.2 Å². The van der Waals surface area contributed by atoms with E-state index >= 15 is 0 Å². The average Bonchev–Trinajstić information content (AvgIpc) is 2.31. The molecule has 0 aliphatic heterocycles. The number of aromatic amines is 1. The van der Waals surface area contributed by atoms with E-state index in [1.165, 1.54) is 18.2 Å². The van der Waals surface area contributed by atoms with Crippen molar-refractivity contribution in [1.82, 2.24) is 10.2 Å². The van der Waals surface area contributed by atoms with Gasteiger partial charge < -0.3 is 0 Å². The van der Waals surface area contributed by atoms with Gasteiger partial charge in [-0.15, -0.1) is 0 Å². The molecular weight excluding hydrogens is 269 g/mol. The highest BCUT2D eigenvalue weighted by atomic mass is 35.5.